The van der Waals surface area contributed by atoms with Crippen molar-refractivity contribution < 1.29 is 14.4 Å². The second-order valence-electron chi connectivity index (χ2n) is 4.45. The van der Waals surface area contributed by atoms with E-state index in [1.165, 1.54) is 6.92 Å². The maximum absolute atomic E-state index is 11.6. The van der Waals surface area contributed by atoms with E-state index >= 15 is 0 Å². The summed E-state index contributed by atoms with van der Waals surface area (Å²) in [7, 11) is 0. The Morgan fingerprint density at radius 1 is 1.15 bits per heavy atom. The standard InChI is InChI=1S/C14H19N3O3/c1-10(14(15)20)17-13(19)9-16-12(18)8-7-11-5-3-2-4-6-11/h2-6,10H,7-9H2,1H3,(H2,15,20)(H,16,18)(H,17,19)/t10-/m0/s1. The van der Waals surface area contributed by atoms with Crippen molar-refractivity contribution in [2.24, 2.45) is 5.73 Å². The number of nitrogens with two attached hydrogens (primary N) is 1. The summed E-state index contributed by atoms with van der Waals surface area (Å²) in [5, 5.41) is 4.87. The maximum Gasteiger partial charge on any atom is 0.240 e. The van der Waals surface area contributed by atoms with Crippen LogP contribution in [0.2, 0.25) is 0 Å². The Morgan fingerprint density at radius 2 is 1.80 bits per heavy atom. The summed E-state index contributed by atoms with van der Waals surface area (Å²) < 4.78 is 0. The Hall–Kier alpha value is -2.37. The lowest BCUT2D eigenvalue weighted by Crippen LogP contribution is -2.46. The van der Waals surface area contributed by atoms with Crippen molar-refractivity contribution in [3.8, 4) is 0 Å². The van der Waals surface area contributed by atoms with Crippen molar-refractivity contribution in [1.82, 2.24) is 10.6 Å². The third kappa shape index (κ3) is 5.99. The Balaban J connectivity index is 2.23. The largest absolute Gasteiger partial charge is 0.368 e. The molecule has 1 aromatic rings. The summed E-state index contributed by atoms with van der Waals surface area (Å²) >= 11 is 0. The molecule has 0 radical (unpaired) electrons. The molecule has 0 fully saturated rings. The molecule has 4 N–H and O–H groups in total. The topological polar surface area (TPSA) is 101 Å². The van der Waals surface area contributed by atoms with Crippen molar-refractivity contribution in [2.75, 3.05) is 6.54 Å². The van der Waals surface area contributed by atoms with Gasteiger partial charge in [-0.3, -0.25) is 14.4 Å². The van der Waals surface area contributed by atoms with Crippen LogP contribution in [0.3, 0.4) is 0 Å². The van der Waals surface area contributed by atoms with Crippen LogP contribution in [-0.2, 0) is 20.8 Å². The number of carbonyl (C=O) groups is 3. The summed E-state index contributed by atoms with van der Waals surface area (Å²) in [6.45, 7) is 1.32. The molecule has 0 heterocycles. The lowest BCUT2D eigenvalue weighted by atomic mass is 10.1. The molecule has 0 unspecified atom stereocenters. The predicted molar refractivity (Wildman–Crippen MR) is 74.6 cm³/mol. The van der Waals surface area contributed by atoms with Gasteiger partial charge in [-0.2, -0.15) is 0 Å². The van der Waals surface area contributed by atoms with Gasteiger partial charge in [0.05, 0.1) is 6.54 Å². The van der Waals surface area contributed by atoms with Crippen molar-refractivity contribution in [1.29, 1.82) is 0 Å². The smallest absolute Gasteiger partial charge is 0.240 e. The van der Waals surface area contributed by atoms with E-state index in [4.69, 9.17) is 5.73 Å². The predicted octanol–water partition coefficient (Wildman–Crippen LogP) is -0.275. The molecule has 0 saturated carbocycles. The van der Waals surface area contributed by atoms with Gasteiger partial charge in [0.15, 0.2) is 0 Å². The van der Waals surface area contributed by atoms with Crippen molar-refractivity contribution in [3.05, 3.63) is 35.9 Å². The van der Waals surface area contributed by atoms with E-state index in [1.54, 1.807) is 0 Å². The zero-order chi connectivity index (χ0) is 15.0. The van der Waals surface area contributed by atoms with E-state index in [9.17, 15) is 14.4 Å². The molecule has 0 aromatic heterocycles. The van der Waals surface area contributed by atoms with E-state index in [0.717, 1.165) is 5.56 Å². The average Bonchev–Trinajstić information content (AvgIpc) is 2.43. The summed E-state index contributed by atoms with van der Waals surface area (Å²) in [5.41, 5.74) is 6.08. The summed E-state index contributed by atoms with van der Waals surface area (Å²) in [6, 6.07) is 8.86. The molecule has 0 bridgehead atoms. The second-order valence-corrected chi connectivity index (χ2v) is 4.45. The zero-order valence-electron chi connectivity index (χ0n) is 11.4. The molecular weight excluding hydrogens is 258 g/mol. The fourth-order valence-corrected chi connectivity index (χ4v) is 1.53. The third-order valence-corrected chi connectivity index (χ3v) is 2.73. The number of hydrogen-bond acceptors (Lipinski definition) is 3. The van der Waals surface area contributed by atoms with Crippen molar-refractivity contribution >= 4 is 17.7 Å². The Labute approximate surface area is 117 Å². The van der Waals surface area contributed by atoms with E-state index in [-0.39, 0.29) is 12.5 Å². The number of carbonyl (C=O) groups excluding carboxylic acids is 3. The first-order chi connectivity index (χ1) is 9.49. The molecule has 1 rings (SSSR count). The highest BCUT2D eigenvalue weighted by Gasteiger charge is 2.12. The minimum atomic E-state index is -0.747. The second kappa shape index (κ2) is 7.93. The number of hydrogen-bond donors (Lipinski definition) is 3. The molecule has 0 aliphatic heterocycles. The molecule has 6 nitrogen and oxygen atoms in total. The SMILES string of the molecule is C[C@H](NC(=O)CNC(=O)CCc1ccccc1)C(N)=O. The molecule has 0 aliphatic rings. The van der Waals surface area contributed by atoms with E-state index in [0.29, 0.717) is 12.8 Å². The third-order valence-electron chi connectivity index (χ3n) is 2.73. The minimum absolute atomic E-state index is 0.161. The first kappa shape index (κ1) is 15.7. The van der Waals surface area contributed by atoms with Crippen molar-refractivity contribution in [3.63, 3.8) is 0 Å². The maximum atomic E-state index is 11.6. The molecule has 0 spiro atoms. The Bertz CT molecular complexity index is 474. The normalized spacial score (nSPS) is 11.4. The van der Waals surface area contributed by atoms with Gasteiger partial charge in [0.1, 0.15) is 6.04 Å². The quantitative estimate of drug-likeness (QED) is 0.639. The van der Waals surface area contributed by atoms with Gasteiger partial charge in [-0.15, -0.1) is 0 Å². The van der Waals surface area contributed by atoms with Crippen LogP contribution in [-0.4, -0.2) is 30.3 Å². The minimum Gasteiger partial charge on any atom is -0.368 e. The van der Waals surface area contributed by atoms with E-state index in [1.807, 2.05) is 30.3 Å². The number of aryl methyl sites for hydroxylation is 1. The van der Waals surface area contributed by atoms with Crippen LogP contribution < -0.4 is 16.4 Å². The average molecular weight is 277 g/mol. The number of rotatable bonds is 7. The first-order valence-electron chi connectivity index (χ1n) is 6.38. The van der Waals surface area contributed by atoms with Crippen molar-refractivity contribution in [2.45, 2.75) is 25.8 Å². The molecule has 1 atom stereocenters. The summed E-state index contributed by atoms with van der Waals surface area (Å²) in [5.74, 6) is -1.27. The molecule has 108 valence electrons. The van der Waals surface area contributed by atoms with Gasteiger partial charge in [0.25, 0.3) is 0 Å². The van der Waals surface area contributed by atoms with Crippen LogP contribution in [0.25, 0.3) is 0 Å². The van der Waals surface area contributed by atoms with E-state index in [2.05, 4.69) is 10.6 Å². The van der Waals surface area contributed by atoms with Crippen LogP contribution in [0, 0.1) is 0 Å². The van der Waals surface area contributed by atoms with Gasteiger partial charge in [-0.1, -0.05) is 30.3 Å². The number of amides is 3. The lowest BCUT2D eigenvalue weighted by Gasteiger charge is -2.10. The summed E-state index contributed by atoms with van der Waals surface area (Å²) in [6.07, 6.45) is 0.925. The molecular formula is C14H19N3O3. The Morgan fingerprint density at radius 3 is 2.40 bits per heavy atom. The van der Waals surface area contributed by atoms with Crippen LogP contribution in [0.4, 0.5) is 0 Å². The van der Waals surface area contributed by atoms with Gasteiger partial charge in [-0.05, 0) is 18.9 Å². The number of primary amides is 1. The van der Waals surface area contributed by atoms with Gasteiger partial charge in [0.2, 0.25) is 17.7 Å². The van der Waals surface area contributed by atoms with Gasteiger partial charge >= 0.3 is 0 Å². The first-order valence-corrected chi connectivity index (χ1v) is 6.38. The highest BCUT2D eigenvalue weighted by Crippen LogP contribution is 2.01. The van der Waals surface area contributed by atoms with Crippen LogP contribution in [0.1, 0.15) is 18.9 Å². The number of nitrogens with one attached hydrogen (secondary N) is 2. The highest BCUT2D eigenvalue weighted by molar-refractivity contribution is 5.89. The molecule has 3 amide bonds. The van der Waals surface area contributed by atoms with Crippen LogP contribution >= 0.6 is 0 Å². The molecule has 20 heavy (non-hydrogen) atoms. The summed E-state index contributed by atoms with van der Waals surface area (Å²) in [4.78, 5) is 33.7. The molecule has 0 aliphatic carbocycles. The lowest BCUT2D eigenvalue weighted by molar-refractivity contribution is -0.128. The Kier molecular flexibility index (Phi) is 6.22. The van der Waals surface area contributed by atoms with Crippen LogP contribution in [0.5, 0.6) is 0 Å². The van der Waals surface area contributed by atoms with Gasteiger partial charge in [0, 0.05) is 6.42 Å². The van der Waals surface area contributed by atoms with Gasteiger partial charge in [-0.25, -0.2) is 0 Å². The van der Waals surface area contributed by atoms with Gasteiger partial charge < -0.3 is 16.4 Å². The zero-order valence-corrected chi connectivity index (χ0v) is 11.4. The fraction of sp³-hybridized carbons (Fsp3) is 0.357. The highest BCUT2D eigenvalue weighted by atomic mass is 16.2. The molecule has 1 aromatic carbocycles. The molecule has 6 heteroatoms. The fourth-order valence-electron chi connectivity index (χ4n) is 1.53. The number of benzene rings is 1. The van der Waals surface area contributed by atoms with E-state index < -0.39 is 17.9 Å². The molecule has 0 saturated heterocycles. The van der Waals surface area contributed by atoms with Crippen LogP contribution in [0.15, 0.2) is 30.3 Å². The monoisotopic (exact) mass is 277 g/mol.